The summed E-state index contributed by atoms with van der Waals surface area (Å²) in [7, 11) is -5.81. The summed E-state index contributed by atoms with van der Waals surface area (Å²) in [6.07, 6.45) is 27.5. The molecular formula is C89H163O25P. The van der Waals surface area contributed by atoms with Crippen LogP contribution in [-0.2, 0) is 70.7 Å². The monoisotopic (exact) mass is 1660 g/mol. The molecule has 1 aliphatic carbocycles. The number of carbonyl (C=O) groups excluding carboxylic acids is 4. The lowest BCUT2D eigenvalue weighted by atomic mass is 9.84. The van der Waals surface area contributed by atoms with Crippen LogP contribution in [0.4, 0.5) is 0 Å². The Balaban J connectivity index is 1.93. The fraction of sp³-hybridized carbons (Fsp3) is 0.910. The fourth-order valence-corrected chi connectivity index (χ4v) is 16.0. The van der Waals surface area contributed by atoms with Crippen molar-refractivity contribution in [3.8, 4) is 0 Å². The Kier molecular flexibility index (Phi) is 63.2. The van der Waals surface area contributed by atoms with Crippen LogP contribution in [0.25, 0.3) is 0 Å². The van der Waals surface area contributed by atoms with Crippen LogP contribution in [0.3, 0.4) is 0 Å². The Morgan fingerprint density at radius 3 is 1.05 bits per heavy atom. The number of phosphoric acid groups is 1. The van der Waals surface area contributed by atoms with E-state index in [9.17, 15) is 74.6 Å². The molecule has 3 fully saturated rings. The van der Waals surface area contributed by atoms with Crippen LogP contribution in [0.15, 0.2) is 24.3 Å². The van der Waals surface area contributed by atoms with E-state index >= 15 is 0 Å². The van der Waals surface area contributed by atoms with Crippen LogP contribution in [0.1, 0.15) is 387 Å². The smallest absolute Gasteiger partial charge is 0.463 e. The SMILES string of the molecule is CCCCCC/C=C\CCCCCCCCCC(=O)OC1C(O)C(O)C(OC2OC(CO)C(O)C(O)C2O)C(OP(=O)(O)OCC(COC(=O)CCCCC/C=C\CCCCCCCC)OC(=O)CCCCCCCCCCCCCCC)C1OC1OC(COC(=O)CCCCCCCCCCCCCCCCC)C(O)C(O)C1O. The van der Waals surface area contributed by atoms with Gasteiger partial charge in [-0.3, -0.25) is 28.2 Å². The van der Waals surface area contributed by atoms with E-state index in [4.69, 9.17) is 46.9 Å². The largest absolute Gasteiger partial charge is 0.472 e. The van der Waals surface area contributed by atoms with Gasteiger partial charge in [0.1, 0.15) is 92.6 Å². The van der Waals surface area contributed by atoms with Gasteiger partial charge >= 0.3 is 31.7 Å². The van der Waals surface area contributed by atoms with Crippen LogP contribution >= 0.6 is 7.82 Å². The average Bonchev–Trinajstić information content (AvgIpc) is 0.753. The van der Waals surface area contributed by atoms with Crippen molar-refractivity contribution < 1.29 is 122 Å². The van der Waals surface area contributed by atoms with Crippen LogP contribution in [-0.4, -0.2) is 205 Å². The molecule has 3 rings (SSSR count). The topological polar surface area (TPSA) is 380 Å². The molecule has 1 saturated carbocycles. The van der Waals surface area contributed by atoms with Crippen molar-refractivity contribution in [1.29, 1.82) is 0 Å². The van der Waals surface area contributed by atoms with Gasteiger partial charge in [0.15, 0.2) is 24.8 Å². The summed E-state index contributed by atoms with van der Waals surface area (Å²) in [5, 5.41) is 102. The Bertz CT molecular complexity index is 2490. The molecule has 2 aliphatic heterocycles. The van der Waals surface area contributed by atoms with E-state index < -0.39 is 162 Å². The van der Waals surface area contributed by atoms with Crippen LogP contribution < -0.4 is 0 Å². The van der Waals surface area contributed by atoms with Crippen LogP contribution in [0.5, 0.6) is 0 Å². The number of carbonyl (C=O) groups is 4. The predicted octanol–water partition coefficient (Wildman–Crippen LogP) is 16.5. The molecule has 0 aromatic heterocycles. The molecule has 115 heavy (non-hydrogen) atoms. The highest BCUT2D eigenvalue weighted by Gasteiger charge is 2.60. The molecule has 2 saturated heterocycles. The van der Waals surface area contributed by atoms with E-state index in [1.807, 2.05) is 0 Å². The van der Waals surface area contributed by atoms with Crippen molar-refractivity contribution in [3.05, 3.63) is 24.3 Å². The summed E-state index contributed by atoms with van der Waals surface area (Å²) < 4.78 is 73.3. The van der Waals surface area contributed by atoms with Gasteiger partial charge in [0.2, 0.25) is 0 Å². The van der Waals surface area contributed by atoms with E-state index in [-0.39, 0.29) is 25.7 Å². The van der Waals surface area contributed by atoms with E-state index in [1.54, 1.807) is 0 Å². The first kappa shape index (κ1) is 106. The van der Waals surface area contributed by atoms with Crippen molar-refractivity contribution in [2.75, 3.05) is 26.4 Å². The zero-order valence-electron chi connectivity index (χ0n) is 71.6. The van der Waals surface area contributed by atoms with Crippen molar-refractivity contribution in [2.45, 2.75) is 491 Å². The lowest BCUT2D eigenvalue weighted by Gasteiger charge is -2.50. The van der Waals surface area contributed by atoms with Gasteiger partial charge in [-0.1, -0.05) is 309 Å². The Hall–Kier alpha value is -3.05. The number of hydrogen-bond donors (Lipinski definition) is 10. The number of aliphatic hydroxyl groups excluding tert-OH is 9. The van der Waals surface area contributed by atoms with Gasteiger partial charge in [0, 0.05) is 25.7 Å². The number of hydrogen-bond acceptors (Lipinski definition) is 24. The lowest BCUT2D eigenvalue weighted by Crippen LogP contribution is -2.70. The molecule has 0 radical (unpaired) electrons. The number of allylic oxidation sites excluding steroid dienone is 4. The summed E-state index contributed by atoms with van der Waals surface area (Å²) in [5.41, 5.74) is 0. The number of ether oxygens (including phenoxy) is 8. The Morgan fingerprint density at radius 1 is 0.339 bits per heavy atom. The maximum atomic E-state index is 14.9. The quantitative estimate of drug-likeness (QED) is 0.00889. The van der Waals surface area contributed by atoms with Gasteiger partial charge in [0.05, 0.1) is 13.2 Å². The summed E-state index contributed by atoms with van der Waals surface area (Å²) in [4.78, 5) is 66.3. The molecular weight excluding hydrogens is 1500 g/mol. The van der Waals surface area contributed by atoms with E-state index in [1.165, 1.54) is 161 Å². The Morgan fingerprint density at radius 2 is 0.652 bits per heavy atom. The van der Waals surface area contributed by atoms with Gasteiger partial charge < -0.3 is 88.7 Å². The zero-order valence-corrected chi connectivity index (χ0v) is 72.5. The molecule has 10 N–H and O–H groups in total. The summed E-state index contributed by atoms with van der Waals surface area (Å²) in [5.74, 6) is -2.98. The second-order valence-electron chi connectivity index (χ2n) is 32.8. The molecule has 2 heterocycles. The minimum Gasteiger partial charge on any atom is -0.463 e. The number of rotatable bonds is 74. The molecule has 0 aromatic carbocycles. The molecule has 25 nitrogen and oxygen atoms in total. The summed E-state index contributed by atoms with van der Waals surface area (Å²) in [6, 6.07) is 0. The first-order chi connectivity index (χ1) is 55.7. The van der Waals surface area contributed by atoms with Gasteiger partial charge in [-0.2, -0.15) is 0 Å². The average molecular weight is 1660 g/mol. The van der Waals surface area contributed by atoms with Gasteiger partial charge in [-0.15, -0.1) is 0 Å². The first-order valence-corrected chi connectivity index (χ1v) is 47.6. The van der Waals surface area contributed by atoms with E-state index in [2.05, 4.69) is 52.0 Å². The molecule has 3 aliphatic rings. The molecule has 18 unspecified atom stereocenters. The normalized spacial score (nSPS) is 25.3. The highest BCUT2D eigenvalue weighted by molar-refractivity contribution is 7.47. The third kappa shape index (κ3) is 49.0. The van der Waals surface area contributed by atoms with Crippen molar-refractivity contribution >= 4 is 31.7 Å². The highest BCUT2D eigenvalue weighted by Crippen LogP contribution is 2.49. The standard InChI is InChI=1S/C89H163O25P/c1-5-9-13-17-21-25-29-33-35-39-42-46-50-54-58-62-73(92)106-68-71-77(96)79(98)83(102)89(110-71)113-86-84(111-75(94)64-60-56-52-48-44-40-36-34-30-26-22-18-14-10-6-2)80(99)81(100)85(112-88-82(101)78(97)76(95)70(65-90)109-88)87(86)114-115(103,104)107-67-69(108-74(93)63-59-55-51-47-43-38-32-28-24-20-16-12-8-4)66-105-72(91)61-57-53-49-45-41-37-31-27-23-19-15-11-7-3/h26,30,37,41,69-71,76-90,95-102H,5-25,27-29,31-36,38-40,42-68H2,1-4H3,(H,103,104)/b30-26-,41-37-. The van der Waals surface area contributed by atoms with Crippen molar-refractivity contribution in [1.82, 2.24) is 0 Å². The Labute approximate surface area is 692 Å². The molecule has 0 spiro atoms. The minimum absolute atomic E-state index is 0.0149. The van der Waals surface area contributed by atoms with Crippen molar-refractivity contribution in [3.63, 3.8) is 0 Å². The predicted molar refractivity (Wildman–Crippen MR) is 444 cm³/mol. The maximum Gasteiger partial charge on any atom is 0.472 e. The lowest BCUT2D eigenvalue weighted by molar-refractivity contribution is -0.360. The molecule has 0 bridgehead atoms. The van der Waals surface area contributed by atoms with E-state index in [0.29, 0.717) is 32.1 Å². The number of unbranched alkanes of at least 4 members (excludes halogenated alkanes) is 46. The maximum absolute atomic E-state index is 14.9. The summed E-state index contributed by atoms with van der Waals surface area (Å²) in [6.45, 7) is 5.56. The van der Waals surface area contributed by atoms with Gasteiger partial charge in [-0.25, -0.2) is 4.57 Å². The highest BCUT2D eigenvalue weighted by atomic mass is 31.2. The third-order valence-electron chi connectivity index (χ3n) is 22.4. The van der Waals surface area contributed by atoms with Crippen LogP contribution in [0.2, 0.25) is 0 Å². The fourth-order valence-electron chi connectivity index (χ4n) is 15.1. The minimum atomic E-state index is -5.81. The second-order valence-corrected chi connectivity index (χ2v) is 34.2. The van der Waals surface area contributed by atoms with Gasteiger partial charge in [0.25, 0.3) is 0 Å². The molecule has 26 heteroatoms. The van der Waals surface area contributed by atoms with Crippen LogP contribution in [0, 0.1) is 0 Å². The van der Waals surface area contributed by atoms with Gasteiger partial charge in [-0.05, 0) is 77.0 Å². The number of esters is 4. The number of aliphatic hydroxyl groups is 9. The van der Waals surface area contributed by atoms with E-state index in [0.717, 1.165) is 141 Å². The molecule has 0 aromatic rings. The molecule has 674 valence electrons. The summed E-state index contributed by atoms with van der Waals surface area (Å²) >= 11 is 0. The molecule has 18 atom stereocenters. The first-order valence-electron chi connectivity index (χ1n) is 46.1. The third-order valence-corrected chi connectivity index (χ3v) is 23.4. The second kappa shape index (κ2) is 68.5. The zero-order chi connectivity index (χ0) is 84.0. The number of phosphoric ester groups is 1. The van der Waals surface area contributed by atoms with Crippen molar-refractivity contribution in [2.24, 2.45) is 0 Å². The molecule has 0 amide bonds.